The van der Waals surface area contributed by atoms with Crippen molar-refractivity contribution in [2.45, 2.75) is 89.4 Å². The Labute approximate surface area is 131 Å². The van der Waals surface area contributed by atoms with Gasteiger partial charge in [0.15, 0.2) is 0 Å². The van der Waals surface area contributed by atoms with Gasteiger partial charge >= 0.3 is 0 Å². The molecule has 122 valence electrons. The summed E-state index contributed by atoms with van der Waals surface area (Å²) in [6, 6.07) is 3.24. The summed E-state index contributed by atoms with van der Waals surface area (Å²) in [6.07, 6.45) is 11.2. The van der Waals surface area contributed by atoms with Crippen LogP contribution in [0.2, 0.25) is 0 Å². The number of hydrogen-bond donors (Lipinski definition) is 1. The molecule has 4 atom stereocenters. The predicted molar refractivity (Wildman–Crippen MR) is 89.7 cm³/mol. The van der Waals surface area contributed by atoms with Crippen LogP contribution >= 0.6 is 0 Å². The van der Waals surface area contributed by atoms with Crippen LogP contribution in [-0.4, -0.2) is 60.1 Å². The molecule has 0 aromatic heterocycles. The van der Waals surface area contributed by atoms with Crippen molar-refractivity contribution in [3.8, 4) is 0 Å². The van der Waals surface area contributed by atoms with E-state index in [4.69, 9.17) is 0 Å². The zero-order chi connectivity index (χ0) is 14.7. The van der Waals surface area contributed by atoms with Crippen molar-refractivity contribution in [1.29, 1.82) is 0 Å². The number of piperazine rings is 1. The molecule has 3 rings (SSSR count). The molecule has 2 heterocycles. The average Bonchev–Trinajstić information content (AvgIpc) is 2.52. The van der Waals surface area contributed by atoms with E-state index in [1.54, 1.807) is 0 Å². The van der Waals surface area contributed by atoms with Gasteiger partial charge in [-0.15, -0.1) is 0 Å². The van der Waals surface area contributed by atoms with Gasteiger partial charge in [0.05, 0.1) is 0 Å². The summed E-state index contributed by atoms with van der Waals surface area (Å²) in [5.41, 5.74) is 0. The third-order valence-electron chi connectivity index (χ3n) is 6.03. The van der Waals surface area contributed by atoms with E-state index in [9.17, 15) is 0 Å². The summed E-state index contributed by atoms with van der Waals surface area (Å²) in [6.45, 7) is 9.95. The molecule has 1 N–H and O–H groups in total. The fourth-order valence-corrected chi connectivity index (χ4v) is 4.88. The first-order valence-corrected chi connectivity index (χ1v) is 9.51. The van der Waals surface area contributed by atoms with Crippen molar-refractivity contribution in [3.05, 3.63) is 0 Å². The second-order valence-electron chi connectivity index (χ2n) is 7.66. The lowest BCUT2D eigenvalue weighted by atomic mass is 9.87. The van der Waals surface area contributed by atoms with E-state index >= 15 is 0 Å². The van der Waals surface area contributed by atoms with Crippen LogP contribution in [0, 0.1) is 0 Å². The molecule has 2 aliphatic heterocycles. The van der Waals surface area contributed by atoms with Crippen LogP contribution in [0.15, 0.2) is 0 Å². The highest BCUT2D eigenvalue weighted by molar-refractivity contribution is 4.94. The van der Waals surface area contributed by atoms with Crippen LogP contribution in [0.1, 0.15) is 65.2 Å². The molecule has 2 saturated heterocycles. The molecule has 3 nitrogen and oxygen atoms in total. The van der Waals surface area contributed by atoms with Crippen LogP contribution < -0.4 is 5.32 Å². The first-order valence-electron chi connectivity index (χ1n) is 9.51. The minimum absolute atomic E-state index is 0.759. The molecule has 0 amide bonds. The van der Waals surface area contributed by atoms with Gasteiger partial charge in [-0.2, -0.15) is 0 Å². The van der Waals surface area contributed by atoms with Crippen molar-refractivity contribution in [2.75, 3.05) is 26.2 Å². The second kappa shape index (κ2) is 7.43. The minimum Gasteiger partial charge on any atom is -0.314 e. The molecule has 1 aliphatic carbocycles. The van der Waals surface area contributed by atoms with Gasteiger partial charge in [-0.1, -0.05) is 19.8 Å². The van der Waals surface area contributed by atoms with E-state index in [2.05, 4.69) is 29.0 Å². The first kappa shape index (κ1) is 15.8. The van der Waals surface area contributed by atoms with E-state index in [0.29, 0.717) is 0 Å². The molecule has 4 unspecified atom stereocenters. The summed E-state index contributed by atoms with van der Waals surface area (Å²) in [5.74, 6) is 0. The zero-order valence-electron chi connectivity index (χ0n) is 14.2. The SMILES string of the molecule is CCCNC1CCCC(N2CC3CCCCN3CC2C)C1. The highest BCUT2D eigenvalue weighted by Gasteiger charge is 2.37. The quantitative estimate of drug-likeness (QED) is 0.860. The Balaban J connectivity index is 1.57. The molecule has 21 heavy (non-hydrogen) atoms. The zero-order valence-corrected chi connectivity index (χ0v) is 14.2. The van der Waals surface area contributed by atoms with Gasteiger partial charge < -0.3 is 5.32 Å². The molecule has 3 fully saturated rings. The average molecular weight is 293 g/mol. The highest BCUT2D eigenvalue weighted by Crippen LogP contribution is 2.30. The maximum atomic E-state index is 3.77. The third kappa shape index (κ3) is 3.80. The molecule has 1 saturated carbocycles. The molecule has 0 bridgehead atoms. The Bertz CT molecular complexity index is 320. The standard InChI is InChI=1S/C18H35N3/c1-3-10-19-16-7-6-9-17(12-16)21-14-18-8-4-5-11-20(18)13-15(21)2/h15-19H,3-14H2,1-2H3. The Hall–Kier alpha value is -0.120. The first-order chi connectivity index (χ1) is 10.3. The van der Waals surface area contributed by atoms with Crippen LogP contribution in [0.25, 0.3) is 0 Å². The number of piperidine rings is 1. The Morgan fingerprint density at radius 3 is 2.71 bits per heavy atom. The number of fused-ring (bicyclic) bond motifs is 1. The lowest BCUT2D eigenvalue weighted by Crippen LogP contribution is -2.62. The van der Waals surface area contributed by atoms with E-state index in [0.717, 1.165) is 24.2 Å². The Kier molecular flexibility index (Phi) is 5.58. The second-order valence-corrected chi connectivity index (χ2v) is 7.66. The number of hydrogen-bond acceptors (Lipinski definition) is 3. The topological polar surface area (TPSA) is 18.5 Å². The van der Waals surface area contributed by atoms with Gasteiger partial charge in [0.25, 0.3) is 0 Å². The largest absolute Gasteiger partial charge is 0.314 e. The van der Waals surface area contributed by atoms with E-state index in [-0.39, 0.29) is 0 Å². The number of rotatable bonds is 4. The van der Waals surface area contributed by atoms with Crippen molar-refractivity contribution < 1.29 is 0 Å². The molecular formula is C18H35N3. The van der Waals surface area contributed by atoms with Gasteiger partial charge in [-0.05, 0) is 58.5 Å². The van der Waals surface area contributed by atoms with Crippen LogP contribution in [0.3, 0.4) is 0 Å². The van der Waals surface area contributed by atoms with E-state index < -0.39 is 0 Å². The fraction of sp³-hybridized carbons (Fsp3) is 1.00. The van der Waals surface area contributed by atoms with Gasteiger partial charge in [0.2, 0.25) is 0 Å². The normalized spacial score (nSPS) is 39.1. The predicted octanol–water partition coefficient (Wildman–Crippen LogP) is 2.86. The summed E-state index contributed by atoms with van der Waals surface area (Å²) in [5, 5.41) is 3.77. The van der Waals surface area contributed by atoms with Gasteiger partial charge in [0.1, 0.15) is 0 Å². The van der Waals surface area contributed by atoms with Crippen molar-refractivity contribution in [1.82, 2.24) is 15.1 Å². The lowest BCUT2D eigenvalue weighted by Gasteiger charge is -2.51. The summed E-state index contributed by atoms with van der Waals surface area (Å²) >= 11 is 0. The van der Waals surface area contributed by atoms with Crippen molar-refractivity contribution in [3.63, 3.8) is 0 Å². The van der Waals surface area contributed by atoms with E-state index in [1.807, 2.05) is 0 Å². The molecule has 0 spiro atoms. The molecule has 3 aliphatic rings. The Morgan fingerprint density at radius 2 is 1.86 bits per heavy atom. The summed E-state index contributed by atoms with van der Waals surface area (Å²) in [7, 11) is 0. The molecule has 0 radical (unpaired) electrons. The third-order valence-corrected chi connectivity index (χ3v) is 6.03. The number of nitrogens with one attached hydrogen (secondary N) is 1. The molecule has 0 aromatic rings. The van der Waals surface area contributed by atoms with Crippen LogP contribution in [0.5, 0.6) is 0 Å². The van der Waals surface area contributed by atoms with Gasteiger partial charge in [-0.3, -0.25) is 9.80 Å². The molecule has 3 heteroatoms. The highest BCUT2D eigenvalue weighted by atomic mass is 15.3. The minimum atomic E-state index is 0.759. The van der Waals surface area contributed by atoms with Crippen molar-refractivity contribution in [2.24, 2.45) is 0 Å². The monoisotopic (exact) mass is 293 g/mol. The maximum Gasteiger partial charge on any atom is 0.0224 e. The van der Waals surface area contributed by atoms with Crippen molar-refractivity contribution >= 4 is 0 Å². The van der Waals surface area contributed by atoms with Crippen LogP contribution in [-0.2, 0) is 0 Å². The molecule has 0 aromatic carbocycles. The van der Waals surface area contributed by atoms with E-state index in [1.165, 1.54) is 77.5 Å². The lowest BCUT2D eigenvalue weighted by molar-refractivity contribution is -0.0187. The molecular weight excluding hydrogens is 258 g/mol. The maximum absolute atomic E-state index is 3.77. The van der Waals surface area contributed by atoms with Gasteiger partial charge in [0, 0.05) is 37.3 Å². The smallest absolute Gasteiger partial charge is 0.0224 e. The van der Waals surface area contributed by atoms with Gasteiger partial charge in [-0.25, -0.2) is 0 Å². The summed E-state index contributed by atoms with van der Waals surface area (Å²) in [4.78, 5) is 5.66. The van der Waals surface area contributed by atoms with Crippen LogP contribution in [0.4, 0.5) is 0 Å². The number of nitrogens with zero attached hydrogens (tertiary/aromatic N) is 2. The fourth-order valence-electron chi connectivity index (χ4n) is 4.88. The Morgan fingerprint density at radius 1 is 1.00 bits per heavy atom. The summed E-state index contributed by atoms with van der Waals surface area (Å²) < 4.78 is 0.